The molecule has 24 heavy (non-hydrogen) atoms. The van der Waals surface area contributed by atoms with Crippen LogP contribution in [-0.2, 0) is 17.8 Å². The molecule has 0 spiro atoms. The fourth-order valence-electron chi connectivity index (χ4n) is 3.71. The first-order chi connectivity index (χ1) is 11.6. The Morgan fingerprint density at radius 3 is 2.92 bits per heavy atom. The van der Waals surface area contributed by atoms with E-state index < -0.39 is 0 Å². The van der Waals surface area contributed by atoms with Crippen LogP contribution in [0.25, 0.3) is 11.0 Å². The first kappa shape index (κ1) is 15.1. The minimum atomic E-state index is 0.114. The van der Waals surface area contributed by atoms with Crippen molar-refractivity contribution < 1.29 is 9.21 Å². The van der Waals surface area contributed by atoms with Gasteiger partial charge in [-0.1, -0.05) is 12.1 Å². The lowest BCUT2D eigenvalue weighted by Gasteiger charge is -2.35. The summed E-state index contributed by atoms with van der Waals surface area (Å²) in [5.41, 5.74) is 5.44. The summed E-state index contributed by atoms with van der Waals surface area (Å²) < 4.78 is 7.97. The van der Waals surface area contributed by atoms with Crippen LogP contribution >= 0.6 is 0 Å². The van der Waals surface area contributed by atoms with Gasteiger partial charge in [-0.3, -0.25) is 4.79 Å². The third-order valence-electron chi connectivity index (χ3n) is 5.35. The molecule has 3 aromatic rings. The summed E-state index contributed by atoms with van der Waals surface area (Å²) in [5, 5.41) is 1.06. The molecule has 1 atom stereocenters. The Hall–Kier alpha value is -2.49. The van der Waals surface area contributed by atoms with Gasteiger partial charge in [0, 0.05) is 35.9 Å². The lowest BCUT2D eigenvalue weighted by atomic mass is 10.0. The van der Waals surface area contributed by atoms with Gasteiger partial charge in [-0.25, -0.2) is 0 Å². The van der Waals surface area contributed by atoms with Gasteiger partial charge >= 0.3 is 0 Å². The second-order valence-electron chi connectivity index (χ2n) is 6.71. The standard InChI is InChI=1S/C20H22N2O2/c1-13-6-7-17-16(12-24-20(17)14(13)2)11-19(23)22-10-9-21-8-4-5-18(21)15(22)3/h4-8,12,15H,9-11H2,1-3H3. The SMILES string of the molecule is Cc1ccc2c(CC(=O)N3CCn4cccc4C3C)coc2c1C. The van der Waals surface area contributed by atoms with Gasteiger partial charge in [0.05, 0.1) is 18.7 Å². The highest BCUT2D eigenvalue weighted by Crippen LogP contribution is 2.29. The van der Waals surface area contributed by atoms with Crippen LogP contribution in [0, 0.1) is 13.8 Å². The third-order valence-corrected chi connectivity index (χ3v) is 5.35. The highest BCUT2D eigenvalue weighted by molar-refractivity contribution is 5.89. The van der Waals surface area contributed by atoms with Crippen molar-refractivity contribution in [3.8, 4) is 0 Å². The summed E-state index contributed by atoms with van der Waals surface area (Å²) in [4.78, 5) is 14.9. The van der Waals surface area contributed by atoms with Crippen molar-refractivity contribution in [2.24, 2.45) is 0 Å². The Morgan fingerprint density at radius 2 is 2.08 bits per heavy atom. The molecule has 1 aromatic carbocycles. The summed E-state index contributed by atoms with van der Waals surface area (Å²) in [6.45, 7) is 7.86. The molecule has 0 saturated heterocycles. The predicted octanol–water partition coefficient (Wildman–Crippen LogP) is 4.00. The van der Waals surface area contributed by atoms with Crippen LogP contribution in [0.4, 0.5) is 0 Å². The summed E-state index contributed by atoms with van der Waals surface area (Å²) >= 11 is 0. The summed E-state index contributed by atoms with van der Waals surface area (Å²) in [5.74, 6) is 0.163. The largest absolute Gasteiger partial charge is 0.464 e. The molecule has 4 heteroatoms. The zero-order valence-corrected chi connectivity index (χ0v) is 14.4. The van der Waals surface area contributed by atoms with E-state index in [-0.39, 0.29) is 11.9 Å². The van der Waals surface area contributed by atoms with Crippen LogP contribution in [0.1, 0.15) is 35.3 Å². The molecule has 0 aliphatic carbocycles. The number of rotatable bonds is 2. The van der Waals surface area contributed by atoms with E-state index in [1.54, 1.807) is 6.26 Å². The minimum Gasteiger partial charge on any atom is -0.464 e. The lowest BCUT2D eigenvalue weighted by Crippen LogP contribution is -2.41. The van der Waals surface area contributed by atoms with E-state index in [9.17, 15) is 4.79 Å². The number of furan rings is 1. The van der Waals surface area contributed by atoms with Crippen molar-refractivity contribution >= 4 is 16.9 Å². The summed E-state index contributed by atoms with van der Waals surface area (Å²) in [7, 11) is 0. The van der Waals surface area contributed by atoms with Crippen LogP contribution in [0.15, 0.2) is 41.1 Å². The molecule has 124 valence electrons. The molecule has 1 amide bonds. The van der Waals surface area contributed by atoms with Gasteiger partial charge in [0.25, 0.3) is 0 Å². The topological polar surface area (TPSA) is 38.4 Å². The summed E-state index contributed by atoms with van der Waals surface area (Å²) in [6, 6.07) is 8.42. The maximum absolute atomic E-state index is 12.9. The quantitative estimate of drug-likeness (QED) is 0.715. The van der Waals surface area contributed by atoms with Crippen LogP contribution in [0.5, 0.6) is 0 Å². The molecule has 1 unspecified atom stereocenters. The van der Waals surface area contributed by atoms with Gasteiger partial charge < -0.3 is 13.9 Å². The average Bonchev–Trinajstić information content (AvgIpc) is 3.19. The van der Waals surface area contributed by atoms with Crippen LogP contribution in [0.2, 0.25) is 0 Å². The monoisotopic (exact) mass is 322 g/mol. The molecule has 0 radical (unpaired) electrons. The Kier molecular flexibility index (Phi) is 3.48. The van der Waals surface area contributed by atoms with Crippen LogP contribution in [0.3, 0.4) is 0 Å². The van der Waals surface area contributed by atoms with E-state index in [0.29, 0.717) is 6.42 Å². The van der Waals surface area contributed by atoms with Crippen molar-refractivity contribution in [1.29, 1.82) is 0 Å². The van der Waals surface area contributed by atoms with Gasteiger partial charge in [0.1, 0.15) is 5.58 Å². The van der Waals surface area contributed by atoms with Crippen LogP contribution < -0.4 is 0 Å². The zero-order valence-electron chi connectivity index (χ0n) is 14.4. The molecule has 0 N–H and O–H groups in total. The number of hydrogen-bond acceptors (Lipinski definition) is 2. The molecular formula is C20H22N2O2. The molecule has 4 rings (SSSR count). The number of carbonyl (C=O) groups excluding carboxylic acids is 1. The van der Waals surface area contributed by atoms with Crippen LogP contribution in [-0.4, -0.2) is 21.9 Å². The Bertz CT molecular complexity index is 919. The molecule has 4 nitrogen and oxygen atoms in total. The van der Waals surface area contributed by atoms with Gasteiger partial charge in [-0.05, 0) is 44.0 Å². The van der Waals surface area contributed by atoms with Crippen molar-refractivity contribution in [1.82, 2.24) is 9.47 Å². The Labute approximate surface area is 141 Å². The smallest absolute Gasteiger partial charge is 0.227 e. The molecule has 0 bridgehead atoms. The second-order valence-corrected chi connectivity index (χ2v) is 6.71. The molecule has 1 aliphatic rings. The van der Waals surface area contributed by atoms with Gasteiger partial charge in [-0.2, -0.15) is 0 Å². The second kappa shape index (κ2) is 5.55. The van der Waals surface area contributed by atoms with Gasteiger partial charge in [-0.15, -0.1) is 0 Å². The molecule has 2 aromatic heterocycles. The van der Waals surface area contributed by atoms with Gasteiger partial charge in [0.2, 0.25) is 5.91 Å². The molecule has 0 saturated carbocycles. The van der Waals surface area contributed by atoms with Crippen molar-refractivity contribution in [2.75, 3.05) is 6.54 Å². The number of carbonyl (C=O) groups is 1. The first-order valence-electron chi connectivity index (χ1n) is 8.47. The van der Waals surface area contributed by atoms with E-state index in [4.69, 9.17) is 4.42 Å². The van der Waals surface area contributed by atoms with E-state index in [1.807, 2.05) is 4.90 Å². The van der Waals surface area contributed by atoms with Crippen molar-refractivity contribution in [3.63, 3.8) is 0 Å². The van der Waals surface area contributed by atoms with Crippen molar-refractivity contribution in [2.45, 2.75) is 39.8 Å². The normalized spacial score (nSPS) is 17.3. The van der Waals surface area contributed by atoms with E-state index in [0.717, 1.165) is 35.2 Å². The maximum Gasteiger partial charge on any atom is 0.227 e. The third kappa shape index (κ3) is 2.25. The average molecular weight is 322 g/mol. The van der Waals surface area contributed by atoms with E-state index in [2.05, 4.69) is 55.8 Å². The maximum atomic E-state index is 12.9. The number of aromatic nitrogens is 1. The molecule has 1 aliphatic heterocycles. The highest BCUT2D eigenvalue weighted by Gasteiger charge is 2.27. The predicted molar refractivity (Wildman–Crippen MR) is 94.0 cm³/mol. The molecule has 0 fully saturated rings. The number of hydrogen-bond donors (Lipinski definition) is 0. The summed E-state index contributed by atoms with van der Waals surface area (Å²) in [6.07, 6.45) is 4.22. The number of aryl methyl sites for hydroxylation is 2. The highest BCUT2D eigenvalue weighted by atomic mass is 16.3. The zero-order chi connectivity index (χ0) is 16.8. The Balaban J connectivity index is 1.60. The number of amides is 1. The molecule has 3 heterocycles. The van der Waals surface area contributed by atoms with E-state index >= 15 is 0 Å². The fourth-order valence-corrected chi connectivity index (χ4v) is 3.71. The lowest BCUT2D eigenvalue weighted by molar-refractivity contribution is -0.133. The number of fused-ring (bicyclic) bond motifs is 2. The minimum absolute atomic E-state index is 0.114. The van der Waals surface area contributed by atoms with Gasteiger partial charge in [0.15, 0.2) is 0 Å². The van der Waals surface area contributed by atoms with Crippen molar-refractivity contribution in [3.05, 3.63) is 59.1 Å². The molecular weight excluding hydrogens is 300 g/mol. The number of benzene rings is 1. The fraction of sp³-hybridized carbons (Fsp3) is 0.350. The number of nitrogens with zero attached hydrogens (tertiary/aromatic N) is 2. The first-order valence-corrected chi connectivity index (χ1v) is 8.47. The van der Waals surface area contributed by atoms with E-state index in [1.165, 1.54) is 11.3 Å². The Morgan fingerprint density at radius 1 is 1.25 bits per heavy atom.